The van der Waals surface area contributed by atoms with E-state index in [4.69, 9.17) is 0 Å². The predicted octanol–water partition coefficient (Wildman–Crippen LogP) is 2.73. The number of hydrogen-bond donors (Lipinski definition) is 1. The molecule has 1 aromatic rings. The number of amides is 1. The minimum atomic E-state index is -0.384. The van der Waals surface area contributed by atoms with Crippen LogP contribution in [0.4, 0.5) is 0 Å². The van der Waals surface area contributed by atoms with Crippen LogP contribution in [0.1, 0.15) is 38.3 Å². The molecule has 0 spiro atoms. The number of aliphatic hydroxyl groups is 1. The molecule has 1 saturated heterocycles. The topological polar surface area (TPSA) is 57.6 Å². The van der Waals surface area contributed by atoms with E-state index in [-0.39, 0.29) is 35.6 Å². The summed E-state index contributed by atoms with van der Waals surface area (Å²) >= 11 is 0. The highest BCUT2D eigenvalue weighted by Gasteiger charge is 2.37. The standard InChI is InChI=1S/C17H21NO3/c1-4-5-12-6-8-13(9-7-12)16(20)15-14(19)10-18(11(2)3)17(15)21/h6-9,11,20H,4-5,10H2,1-3H3/b16-15+. The van der Waals surface area contributed by atoms with Gasteiger partial charge in [-0.2, -0.15) is 0 Å². The molecule has 0 atom stereocenters. The van der Waals surface area contributed by atoms with Crippen LogP contribution in [-0.4, -0.2) is 34.3 Å². The molecule has 1 fully saturated rings. The Bertz CT molecular complexity index is 585. The van der Waals surface area contributed by atoms with Crippen molar-refractivity contribution < 1.29 is 14.7 Å². The van der Waals surface area contributed by atoms with Crippen molar-refractivity contribution in [1.29, 1.82) is 0 Å². The third-order valence-electron chi connectivity index (χ3n) is 3.69. The highest BCUT2D eigenvalue weighted by atomic mass is 16.3. The third-order valence-corrected chi connectivity index (χ3v) is 3.69. The number of aliphatic hydroxyl groups excluding tert-OH is 1. The van der Waals surface area contributed by atoms with Gasteiger partial charge in [0, 0.05) is 11.6 Å². The molecule has 4 nitrogen and oxygen atoms in total. The second-order valence-corrected chi connectivity index (χ2v) is 5.62. The van der Waals surface area contributed by atoms with E-state index in [1.807, 2.05) is 26.0 Å². The number of hydrogen-bond acceptors (Lipinski definition) is 3. The molecule has 1 aliphatic heterocycles. The van der Waals surface area contributed by atoms with Crippen molar-refractivity contribution in [2.24, 2.45) is 0 Å². The highest BCUT2D eigenvalue weighted by molar-refractivity contribution is 6.28. The van der Waals surface area contributed by atoms with E-state index in [0.717, 1.165) is 12.8 Å². The van der Waals surface area contributed by atoms with E-state index in [1.54, 1.807) is 12.1 Å². The van der Waals surface area contributed by atoms with E-state index < -0.39 is 0 Å². The molecular formula is C17H21NO3. The van der Waals surface area contributed by atoms with E-state index in [9.17, 15) is 14.7 Å². The SMILES string of the molecule is CCCc1ccc(/C(O)=C2/C(=O)CN(C(C)C)C2=O)cc1. The van der Waals surface area contributed by atoms with Gasteiger partial charge in [-0.3, -0.25) is 9.59 Å². The zero-order valence-electron chi connectivity index (χ0n) is 12.7. The van der Waals surface area contributed by atoms with Gasteiger partial charge in [0.1, 0.15) is 11.3 Å². The van der Waals surface area contributed by atoms with Crippen molar-refractivity contribution in [3.05, 3.63) is 41.0 Å². The number of rotatable bonds is 4. The molecule has 4 heteroatoms. The van der Waals surface area contributed by atoms with Gasteiger partial charge in [0.25, 0.3) is 5.91 Å². The number of ketones is 1. The van der Waals surface area contributed by atoms with Gasteiger partial charge >= 0.3 is 0 Å². The molecule has 1 aromatic carbocycles. The zero-order chi connectivity index (χ0) is 15.6. The molecule has 0 bridgehead atoms. The molecule has 112 valence electrons. The minimum absolute atomic E-state index is 0.0454. The molecule has 1 heterocycles. The molecular weight excluding hydrogens is 266 g/mol. The Labute approximate surface area is 125 Å². The van der Waals surface area contributed by atoms with Gasteiger partial charge in [-0.15, -0.1) is 0 Å². The number of likely N-dealkylation sites (tertiary alicyclic amines) is 1. The largest absolute Gasteiger partial charge is 0.506 e. The number of aryl methyl sites for hydroxylation is 1. The lowest BCUT2D eigenvalue weighted by atomic mass is 10.0. The second-order valence-electron chi connectivity index (χ2n) is 5.62. The van der Waals surface area contributed by atoms with Crippen molar-refractivity contribution >= 4 is 17.4 Å². The van der Waals surface area contributed by atoms with Crippen LogP contribution in [0.2, 0.25) is 0 Å². The average molecular weight is 287 g/mol. The lowest BCUT2D eigenvalue weighted by Gasteiger charge is -2.18. The lowest BCUT2D eigenvalue weighted by molar-refractivity contribution is -0.126. The summed E-state index contributed by atoms with van der Waals surface area (Å²) in [6.45, 7) is 5.85. The first-order valence-corrected chi connectivity index (χ1v) is 7.32. The molecule has 1 N–H and O–H groups in total. The van der Waals surface area contributed by atoms with Gasteiger partial charge in [0.15, 0.2) is 5.78 Å². The molecule has 0 aliphatic carbocycles. The first kappa shape index (κ1) is 15.3. The maximum Gasteiger partial charge on any atom is 0.262 e. The lowest BCUT2D eigenvalue weighted by Crippen LogP contribution is -2.32. The van der Waals surface area contributed by atoms with Crippen LogP contribution in [0.3, 0.4) is 0 Å². The van der Waals surface area contributed by atoms with Crippen molar-refractivity contribution in [2.75, 3.05) is 6.54 Å². The Morgan fingerprint density at radius 3 is 2.33 bits per heavy atom. The molecule has 0 unspecified atom stereocenters. The van der Waals surface area contributed by atoms with Gasteiger partial charge < -0.3 is 10.0 Å². The van der Waals surface area contributed by atoms with Crippen molar-refractivity contribution in [3.8, 4) is 0 Å². The number of benzene rings is 1. The quantitative estimate of drug-likeness (QED) is 0.526. The molecule has 1 aliphatic rings. The van der Waals surface area contributed by atoms with E-state index in [0.29, 0.717) is 5.56 Å². The van der Waals surface area contributed by atoms with Crippen LogP contribution >= 0.6 is 0 Å². The van der Waals surface area contributed by atoms with Gasteiger partial charge in [0.05, 0.1) is 6.54 Å². The number of carbonyl (C=O) groups excluding carboxylic acids is 2. The summed E-state index contributed by atoms with van der Waals surface area (Å²) in [5.74, 6) is -0.912. The van der Waals surface area contributed by atoms with Crippen LogP contribution in [0.5, 0.6) is 0 Å². The van der Waals surface area contributed by atoms with Crippen LogP contribution in [0.25, 0.3) is 5.76 Å². The molecule has 2 rings (SSSR count). The normalized spacial score (nSPS) is 17.8. The van der Waals surface area contributed by atoms with Crippen LogP contribution in [0, 0.1) is 0 Å². The maximum atomic E-state index is 12.2. The van der Waals surface area contributed by atoms with Gasteiger partial charge in [-0.05, 0) is 25.8 Å². The fourth-order valence-electron chi connectivity index (χ4n) is 2.48. The van der Waals surface area contributed by atoms with Crippen molar-refractivity contribution in [2.45, 2.75) is 39.7 Å². The summed E-state index contributed by atoms with van der Waals surface area (Å²) in [4.78, 5) is 25.7. The first-order valence-electron chi connectivity index (χ1n) is 7.32. The highest BCUT2D eigenvalue weighted by Crippen LogP contribution is 2.25. The number of carbonyl (C=O) groups is 2. The summed E-state index contributed by atoms with van der Waals surface area (Å²) < 4.78 is 0. The number of Topliss-reactive ketones (excluding diaryl/α,β-unsaturated/α-hetero) is 1. The average Bonchev–Trinajstić information content (AvgIpc) is 2.75. The van der Waals surface area contributed by atoms with Gasteiger partial charge in [-0.25, -0.2) is 0 Å². The smallest absolute Gasteiger partial charge is 0.262 e. The summed E-state index contributed by atoms with van der Waals surface area (Å²) in [7, 11) is 0. The fraction of sp³-hybridized carbons (Fsp3) is 0.412. The Balaban J connectivity index is 2.34. The van der Waals surface area contributed by atoms with Gasteiger partial charge in [0.2, 0.25) is 0 Å². The van der Waals surface area contributed by atoms with Crippen LogP contribution in [-0.2, 0) is 16.0 Å². The summed E-state index contributed by atoms with van der Waals surface area (Å²) in [5.41, 5.74) is 1.59. The predicted molar refractivity (Wildman–Crippen MR) is 81.8 cm³/mol. The second kappa shape index (κ2) is 6.12. The summed E-state index contributed by atoms with van der Waals surface area (Å²) in [6, 6.07) is 7.29. The molecule has 21 heavy (non-hydrogen) atoms. The third kappa shape index (κ3) is 2.99. The van der Waals surface area contributed by atoms with Crippen molar-refractivity contribution in [3.63, 3.8) is 0 Å². The summed E-state index contributed by atoms with van der Waals surface area (Å²) in [6.07, 6.45) is 2.02. The maximum absolute atomic E-state index is 12.2. The van der Waals surface area contributed by atoms with Gasteiger partial charge in [-0.1, -0.05) is 37.6 Å². The molecule has 0 radical (unpaired) electrons. The zero-order valence-corrected chi connectivity index (χ0v) is 12.7. The summed E-state index contributed by atoms with van der Waals surface area (Å²) in [5, 5.41) is 10.3. The van der Waals surface area contributed by atoms with E-state index in [2.05, 4.69) is 6.92 Å². The minimum Gasteiger partial charge on any atom is -0.506 e. The Morgan fingerprint density at radius 1 is 1.24 bits per heavy atom. The molecule has 0 aromatic heterocycles. The van der Waals surface area contributed by atoms with Crippen LogP contribution < -0.4 is 0 Å². The van der Waals surface area contributed by atoms with E-state index in [1.165, 1.54) is 10.5 Å². The Kier molecular flexibility index (Phi) is 4.46. The van der Waals surface area contributed by atoms with E-state index >= 15 is 0 Å². The molecule has 0 saturated carbocycles. The monoisotopic (exact) mass is 287 g/mol. The Hall–Kier alpha value is -2.10. The van der Waals surface area contributed by atoms with Crippen molar-refractivity contribution in [1.82, 2.24) is 4.90 Å². The number of nitrogens with zero attached hydrogens (tertiary/aromatic N) is 1. The fourth-order valence-corrected chi connectivity index (χ4v) is 2.48. The van der Waals surface area contributed by atoms with Crippen LogP contribution in [0.15, 0.2) is 29.8 Å². The Morgan fingerprint density at radius 2 is 1.86 bits per heavy atom. The first-order chi connectivity index (χ1) is 9.95. The molecule has 1 amide bonds.